The number of aryl methyl sites for hydroxylation is 1. The second-order valence-corrected chi connectivity index (χ2v) is 9.05. The molecule has 0 fully saturated rings. The van der Waals surface area contributed by atoms with E-state index in [2.05, 4.69) is 19.2 Å². The maximum atomic E-state index is 12.5. The van der Waals surface area contributed by atoms with E-state index in [0.29, 0.717) is 16.5 Å². The Hall–Kier alpha value is -2.93. The fourth-order valence-corrected chi connectivity index (χ4v) is 4.87. The molecule has 1 amide bonds. The number of benzene rings is 1. The fraction of sp³-hybridized carbons (Fsp3) is 0.400. The molecule has 32 heavy (non-hydrogen) atoms. The zero-order valence-corrected chi connectivity index (χ0v) is 19.6. The van der Waals surface area contributed by atoms with Crippen molar-refractivity contribution >= 4 is 40.3 Å². The van der Waals surface area contributed by atoms with Crippen LogP contribution in [0.5, 0.6) is 0 Å². The van der Waals surface area contributed by atoms with Crippen LogP contribution in [0.2, 0.25) is 0 Å². The Morgan fingerprint density at radius 2 is 1.81 bits per heavy atom. The lowest BCUT2D eigenvalue weighted by molar-refractivity contribution is -0.142. The molecule has 0 aliphatic heterocycles. The van der Waals surface area contributed by atoms with E-state index in [1.165, 1.54) is 23.0 Å². The molecular formula is C25H29NO5S. The number of hydrogen-bond acceptors (Lipinski definition) is 6. The van der Waals surface area contributed by atoms with Gasteiger partial charge in [0.25, 0.3) is 5.91 Å². The molecule has 7 heteroatoms. The van der Waals surface area contributed by atoms with Gasteiger partial charge in [-0.2, -0.15) is 0 Å². The lowest BCUT2D eigenvalue weighted by Crippen LogP contribution is -2.21. The van der Waals surface area contributed by atoms with Crippen LogP contribution in [0, 0.1) is 0 Å². The van der Waals surface area contributed by atoms with Crippen LogP contribution in [-0.2, 0) is 31.9 Å². The Kier molecular flexibility index (Phi) is 8.22. The molecule has 0 atom stereocenters. The van der Waals surface area contributed by atoms with E-state index in [1.807, 2.05) is 24.3 Å². The summed E-state index contributed by atoms with van der Waals surface area (Å²) >= 11 is 1.40. The molecule has 1 N–H and O–H groups in total. The van der Waals surface area contributed by atoms with Crippen LogP contribution < -0.4 is 5.32 Å². The Labute approximate surface area is 192 Å². The van der Waals surface area contributed by atoms with Gasteiger partial charge < -0.3 is 14.8 Å². The summed E-state index contributed by atoms with van der Waals surface area (Å²) in [6.45, 7) is 5.82. The second kappa shape index (κ2) is 11.1. The average Bonchev–Trinajstić information content (AvgIpc) is 3.14. The number of hydrogen-bond donors (Lipinski definition) is 1. The summed E-state index contributed by atoms with van der Waals surface area (Å²) in [4.78, 5) is 38.0. The molecule has 6 nitrogen and oxygen atoms in total. The van der Waals surface area contributed by atoms with E-state index < -0.39 is 24.5 Å². The van der Waals surface area contributed by atoms with Crippen molar-refractivity contribution in [2.45, 2.75) is 52.4 Å². The van der Waals surface area contributed by atoms with Gasteiger partial charge in [0.05, 0.1) is 12.2 Å². The summed E-state index contributed by atoms with van der Waals surface area (Å²) < 4.78 is 10.2. The van der Waals surface area contributed by atoms with Gasteiger partial charge in [-0.05, 0) is 61.3 Å². The lowest BCUT2D eigenvalue weighted by Gasteiger charge is -2.12. The third-order valence-electron chi connectivity index (χ3n) is 5.26. The molecule has 0 saturated carbocycles. The van der Waals surface area contributed by atoms with Crippen molar-refractivity contribution in [3.05, 3.63) is 57.5 Å². The highest BCUT2D eigenvalue weighted by Crippen LogP contribution is 2.38. The molecule has 0 saturated heterocycles. The quantitative estimate of drug-likeness (QED) is 0.441. The summed E-state index contributed by atoms with van der Waals surface area (Å²) in [7, 11) is 0. The predicted octanol–water partition coefficient (Wildman–Crippen LogP) is 5.12. The zero-order chi connectivity index (χ0) is 23.1. The standard InChI is InChI=1S/C25H29NO5S/c1-4-30-25(29)23-19-7-5-6-8-20(19)32-24(23)26-21(27)15-31-22(28)14-11-17-9-12-18(13-10-17)16(2)3/h9-14,16H,4-8,15H2,1-3H3,(H,26,27). The van der Waals surface area contributed by atoms with Gasteiger partial charge in [-0.15, -0.1) is 11.3 Å². The number of thiophene rings is 1. The highest BCUT2D eigenvalue weighted by Gasteiger charge is 2.27. The molecule has 0 unspecified atom stereocenters. The van der Waals surface area contributed by atoms with Gasteiger partial charge in [-0.1, -0.05) is 38.1 Å². The number of esters is 2. The highest BCUT2D eigenvalue weighted by atomic mass is 32.1. The number of amides is 1. The van der Waals surface area contributed by atoms with Crippen molar-refractivity contribution in [3.63, 3.8) is 0 Å². The summed E-state index contributed by atoms with van der Waals surface area (Å²) in [6.07, 6.45) is 6.71. The first-order valence-electron chi connectivity index (χ1n) is 10.9. The summed E-state index contributed by atoms with van der Waals surface area (Å²) in [5.74, 6) is -1.08. The van der Waals surface area contributed by atoms with Gasteiger partial charge in [0.2, 0.25) is 0 Å². The smallest absolute Gasteiger partial charge is 0.341 e. The molecule has 3 rings (SSSR count). The van der Waals surface area contributed by atoms with Gasteiger partial charge in [-0.25, -0.2) is 9.59 Å². The second-order valence-electron chi connectivity index (χ2n) is 7.95. The van der Waals surface area contributed by atoms with Crippen molar-refractivity contribution in [3.8, 4) is 0 Å². The fourth-order valence-electron chi connectivity index (χ4n) is 3.58. The highest BCUT2D eigenvalue weighted by molar-refractivity contribution is 7.17. The molecule has 170 valence electrons. The minimum absolute atomic E-state index is 0.265. The normalized spacial score (nSPS) is 13.1. The van der Waals surface area contributed by atoms with Crippen LogP contribution in [0.15, 0.2) is 30.3 Å². The number of rotatable bonds is 8. The number of carbonyl (C=O) groups excluding carboxylic acids is 3. The first kappa shape index (κ1) is 23.7. The van der Waals surface area contributed by atoms with Crippen molar-refractivity contribution in [1.82, 2.24) is 0 Å². The van der Waals surface area contributed by atoms with Gasteiger partial charge in [-0.3, -0.25) is 4.79 Å². The minimum Gasteiger partial charge on any atom is -0.462 e. The Morgan fingerprint density at radius 3 is 2.50 bits per heavy atom. The van der Waals surface area contributed by atoms with Crippen molar-refractivity contribution in [1.29, 1.82) is 0 Å². The summed E-state index contributed by atoms with van der Waals surface area (Å²) in [6, 6.07) is 7.90. The van der Waals surface area contributed by atoms with Crippen LogP contribution in [-0.4, -0.2) is 31.1 Å². The SMILES string of the molecule is CCOC(=O)c1c(NC(=O)COC(=O)C=Cc2ccc(C(C)C)cc2)sc2c1CCCC2. The third-order valence-corrected chi connectivity index (χ3v) is 6.47. The number of nitrogens with one attached hydrogen (secondary N) is 1. The van der Waals surface area contributed by atoms with Gasteiger partial charge >= 0.3 is 11.9 Å². The molecular weight excluding hydrogens is 426 g/mol. The van der Waals surface area contributed by atoms with Crippen LogP contribution in [0.25, 0.3) is 6.08 Å². The average molecular weight is 456 g/mol. The Morgan fingerprint density at radius 1 is 1.09 bits per heavy atom. The molecule has 0 radical (unpaired) electrons. The summed E-state index contributed by atoms with van der Waals surface area (Å²) in [5.41, 5.74) is 3.51. The van der Waals surface area contributed by atoms with Gasteiger partial charge in [0.15, 0.2) is 6.61 Å². The van der Waals surface area contributed by atoms with E-state index in [9.17, 15) is 14.4 Å². The van der Waals surface area contributed by atoms with E-state index in [-0.39, 0.29) is 6.61 Å². The van der Waals surface area contributed by atoms with Crippen LogP contribution in [0.3, 0.4) is 0 Å². The van der Waals surface area contributed by atoms with Gasteiger partial charge in [0, 0.05) is 11.0 Å². The zero-order valence-electron chi connectivity index (χ0n) is 18.7. The van der Waals surface area contributed by atoms with E-state index in [0.717, 1.165) is 41.7 Å². The van der Waals surface area contributed by atoms with Crippen molar-refractivity contribution in [2.24, 2.45) is 0 Å². The first-order valence-corrected chi connectivity index (χ1v) is 11.8. The Balaban J connectivity index is 1.58. The molecule has 0 spiro atoms. The maximum Gasteiger partial charge on any atom is 0.341 e. The molecule has 2 aromatic rings. The molecule has 1 heterocycles. The topological polar surface area (TPSA) is 81.7 Å². The largest absolute Gasteiger partial charge is 0.462 e. The maximum absolute atomic E-state index is 12.5. The Bertz CT molecular complexity index is 1000. The van der Waals surface area contributed by atoms with Crippen molar-refractivity contribution < 1.29 is 23.9 Å². The minimum atomic E-state index is -0.607. The number of fused-ring (bicyclic) bond motifs is 1. The summed E-state index contributed by atoms with van der Waals surface area (Å²) in [5, 5.41) is 3.20. The molecule has 1 aliphatic carbocycles. The molecule has 0 bridgehead atoms. The van der Waals surface area contributed by atoms with Crippen LogP contribution in [0.4, 0.5) is 5.00 Å². The molecule has 1 aromatic heterocycles. The molecule has 1 aromatic carbocycles. The monoisotopic (exact) mass is 455 g/mol. The number of anilines is 1. The first-order chi connectivity index (χ1) is 15.4. The van der Waals surface area contributed by atoms with Crippen molar-refractivity contribution in [2.75, 3.05) is 18.5 Å². The van der Waals surface area contributed by atoms with Crippen LogP contribution >= 0.6 is 11.3 Å². The van der Waals surface area contributed by atoms with Crippen LogP contribution in [0.1, 0.15) is 71.5 Å². The van der Waals surface area contributed by atoms with E-state index in [1.54, 1.807) is 13.0 Å². The number of carbonyl (C=O) groups is 3. The van der Waals surface area contributed by atoms with E-state index in [4.69, 9.17) is 9.47 Å². The predicted molar refractivity (Wildman–Crippen MR) is 126 cm³/mol. The third kappa shape index (κ3) is 6.07. The number of ether oxygens (including phenoxy) is 2. The van der Waals surface area contributed by atoms with Gasteiger partial charge in [0.1, 0.15) is 5.00 Å². The van der Waals surface area contributed by atoms with E-state index >= 15 is 0 Å². The lowest BCUT2D eigenvalue weighted by atomic mass is 9.95. The molecule has 1 aliphatic rings.